The fourth-order valence-corrected chi connectivity index (χ4v) is 1.89. The van der Waals surface area contributed by atoms with Gasteiger partial charge in [-0.1, -0.05) is 18.3 Å². The first-order valence-electron chi connectivity index (χ1n) is 3.95. The Labute approximate surface area is 76.7 Å². The van der Waals surface area contributed by atoms with Crippen LogP contribution in [0.5, 0.6) is 0 Å². The molecule has 12 heavy (non-hydrogen) atoms. The molecular weight excluding hydrogens is 172 g/mol. The maximum atomic E-state index is 9.00. The van der Waals surface area contributed by atoms with Crippen molar-refractivity contribution in [2.45, 2.75) is 20.0 Å². The molecule has 0 bridgehead atoms. The highest BCUT2D eigenvalue weighted by Crippen LogP contribution is 2.24. The Morgan fingerprint density at radius 1 is 1.50 bits per heavy atom. The summed E-state index contributed by atoms with van der Waals surface area (Å²) in [5, 5.41) is 9.96. The van der Waals surface area contributed by atoms with Crippen LogP contribution in [-0.2, 0) is 13.0 Å². The van der Waals surface area contributed by atoms with Gasteiger partial charge in [0.15, 0.2) is 5.13 Å². The Hall–Kier alpha value is -0.610. The third-order valence-corrected chi connectivity index (χ3v) is 2.88. The van der Waals surface area contributed by atoms with Crippen LogP contribution in [0.2, 0.25) is 0 Å². The fraction of sp³-hybridized carbons (Fsp3) is 0.625. The van der Waals surface area contributed by atoms with Gasteiger partial charge in [0.25, 0.3) is 0 Å². The molecule has 1 aromatic heterocycles. The van der Waals surface area contributed by atoms with E-state index in [1.807, 2.05) is 25.9 Å². The van der Waals surface area contributed by atoms with Gasteiger partial charge in [-0.2, -0.15) is 0 Å². The minimum absolute atomic E-state index is 0.106. The lowest BCUT2D eigenvalue weighted by Crippen LogP contribution is -2.07. The van der Waals surface area contributed by atoms with E-state index in [1.165, 1.54) is 0 Å². The maximum absolute atomic E-state index is 9.00. The summed E-state index contributed by atoms with van der Waals surface area (Å²) in [7, 11) is 3.92. The van der Waals surface area contributed by atoms with Crippen LogP contribution in [-0.4, -0.2) is 24.2 Å². The Balaban J connectivity index is 2.97. The minimum atomic E-state index is 0.106. The quantitative estimate of drug-likeness (QED) is 0.772. The van der Waals surface area contributed by atoms with Crippen molar-refractivity contribution in [1.29, 1.82) is 0 Å². The maximum Gasteiger partial charge on any atom is 0.185 e. The highest BCUT2D eigenvalue weighted by atomic mass is 32.1. The molecule has 3 nitrogen and oxygen atoms in total. The van der Waals surface area contributed by atoms with Crippen LogP contribution in [0.15, 0.2) is 0 Å². The number of thiazole rings is 1. The van der Waals surface area contributed by atoms with E-state index < -0.39 is 0 Å². The van der Waals surface area contributed by atoms with Crippen molar-refractivity contribution in [3.63, 3.8) is 0 Å². The van der Waals surface area contributed by atoms with E-state index in [9.17, 15) is 0 Å². The molecule has 1 rings (SSSR count). The van der Waals surface area contributed by atoms with Crippen molar-refractivity contribution in [2.24, 2.45) is 0 Å². The number of aliphatic hydroxyl groups excluding tert-OH is 1. The molecule has 1 heterocycles. The first-order chi connectivity index (χ1) is 5.69. The van der Waals surface area contributed by atoms with Crippen LogP contribution in [0.25, 0.3) is 0 Å². The van der Waals surface area contributed by atoms with E-state index in [0.29, 0.717) is 0 Å². The molecule has 0 radical (unpaired) electrons. The molecule has 0 saturated heterocycles. The van der Waals surface area contributed by atoms with Crippen molar-refractivity contribution in [1.82, 2.24) is 4.98 Å². The molecule has 0 aliphatic carbocycles. The molecule has 0 saturated carbocycles. The van der Waals surface area contributed by atoms with Crippen molar-refractivity contribution in [2.75, 3.05) is 19.0 Å². The number of hydrogen-bond donors (Lipinski definition) is 1. The molecule has 0 fully saturated rings. The summed E-state index contributed by atoms with van der Waals surface area (Å²) in [6.07, 6.45) is 0.889. The van der Waals surface area contributed by atoms with Gasteiger partial charge in [-0.05, 0) is 6.42 Å². The molecule has 0 amide bonds. The Morgan fingerprint density at radius 3 is 2.50 bits per heavy atom. The van der Waals surface area contributed by atoms with Gasteiger partial charge < -0.3 is 10.0 Å². The summed E-state index contributed by atoms with van der Waals surface area (Å²) >= 11 is 1.56. The molecule has 0 aliphatic heterocycles. The van der Waals surface area contributed by atoms with Gasteiger partial charge in [0.1, 0.15) is 0 Å². The van der Waals surface area contributed by atoms with Crippen molar-refractivity contribution >= 4 is 16.5 Å². The first kappa shape index (κ1) is 9.48. The standard InChI is InChI=1S/C8H14N2OS/c1-4-6-7(5-11)12-8(9-6)10(2)3/h11H,4-5H2,1-3H3. The van der Waals surface area contributed by atoms with Gasteiger partial charge in [-0.25, -0.2) is 4.98 Å². The highest BCUT2D eigenvalue weighted by Gasteiger charge is 2.09. The smallest absolute Gasteiger partial charge is 0.185 e. The monoisotopic (exact) mass is 186 g/mol. The second-order valence-electron chi connectivity index (χ2n) is 2.77. The van der Waals surface area contributed by atoms with Gasteiger partial charge in [0.05, 0.1) is 17.2 Å². The van der Waals surface area contributed by atoms with E-state index in [2.05, 4.69) is 4.98 Å². The van der Waals surface area contributed by atoms with Crippen LogP contribution in [0.1, 0.15) is 17.5 Å². The van der Waals surface area contributed by atoms with Crippen LogP contribution in [0.3, 0.4) is 0 Å². The molecule has 0 atom stereocenters. The summed E-state index contributed by atoms with van der Waals surface area (Å²) in [6, 6.07) is 0. The Kier molecular flexibility index (Phi) is 3.05. The van der Waals surface area contributed by atoms with Crippen LogP contribution in [0.4, 0.5) is 5.13 Å². The number of nitrogens with zero attached hydrogens (tertiary/aromatic N) is 2. The second-order valence-corrected chi connectivity index (χ2v) is 3.83. The normalized spacial score (nSPS) is 10.3. The lowest BCUT2D eigenvalue weighted by atomic mass is 10.3. The number of aliphatic hydroxyl groups is 1. The summed E-state index contributed by atoms with van der Waals surface area (Å²) in [4.78, 5) is 7.33. The summed E-state index contributed by atoms with van der Waals surface area (Å²) in [5.74, 6) is 0. The molecule has 0 aliphatic rings. The van der Waals surface area contributed by atoms with Gasteiger partial charge in [0.2, 0.25) is 0 Å². The van der Waals surface area contributed by atoms with Crippen LogP contribution < -0.4 is 4.90 Å². The first-order valence-corrected chi connectivity index (χ1v) is 4.77. The third-order valence-electron chi connectivity index (χ3n) is 1.63. The average Bonchev–Trinajstić information content (AvgIpc) is 2.46. The molecule has 0 spiro atoms. The SMILES string of the molecule is CCc1nc(N(C)C)sc1CO. The summed E-state index contributed by atoms with van der Waals surface area (Å²) < 4.78 is 0. The van der Waals surface area contributed by atoms with Gasteiger partial charge in [-0.15, -0.1) is 0 Å². The zero-order chi connectivity index (χ0) is 9.14. The Bertz CT molecular complexity index is 236. The highest BCUT2D eigenvalue weighted by molar-refractivity contribution is 7.15. The van der Waals surface area contributed by atoms with Gasteiger partial charge in [0, 0.05) is 14.1 Å². The largest absolute Gasteiger partial charge is 0.391 e. The van der Waals surface area contributed by atoms with Crippen molar-refractivity contribution in [3.8, 4) is 0 Å². The minimum Gasteiger partial charge on any atom is -0.391 e. The van der Waals surface area contributed by atoms with Gasteiger partial charge in [-0.3, -0.25) is 0 Å². The molecule has 1 N–H and O–H groups in total. The third kappa shape index (κ3) is 1.76. The molecule has 1 aromatic rings. The number of hydrogen-bond acceptors (Lipinski definition) is 4. The van der Waals surface area contributed by atoms with Crippen molar-refractivity contribution in [3.05, 3.63) is 10.6 Å². The lowest BCUT2D eigenvalue weighted by Gasteiger charge is -2.05. The van der Waals surface area contributed by atoms with Gasteiger partial charge >= 0.3 is 0 Å². The van der Waals surface area contributed by atoms with E-state index in [-0.39, 0.29) is 6.61 Å². The topological polar surface area (TPSA) is 36.4 Å². The second kappa shape index (κ2) is 3.87. The zero-order valence-corrected chi connectivity index (χ0v) is 8.48. The summed E-state index contributed by atoms with van der Waals surface area (Å²) in [6.45, 7) is 2.16. The number of aryl methyl sites for hydroxylation is 1. The van der Waals surface area contributed by atoms with E-state index in [4.69, 9.17) is 5.11 Å². The number of anilines is 1. The van der Waals surface area contributed by atoms with Crippen LogP contribution >= 0.6 is 11.3 Å². The molecular formula is C8H14N2OS. The predicted molar refractivity (Wildman–Crippen MR) is 51.7 cm³/mol. The lowest BCUT2D eigenvalue weighted by molar-refractivity contribution is 0.284. The predicted octanol–water partition coefficient (Wildman–Crippen LogP) is 1.26. The van der Waals surface area contributed by atoms with E-state index in [1.54, 1.807) is 11.3 Å². The Morgan fingerprint density at radius 2 is 2.17 bits per heavy atom. The number of aromatic nitrogens is 1. The average molecular weight is 186 g/mol. The summed E-state index contributed by atoms with van der Waals surface area (Å²) in [5.41, 5.74) is 1.02. The molecule has 4 heteroatoms. The zero-order valence-electron chi connectivity index (χ0n) is 7.66. The molecule has 0 aromatic carbocycles. The van der Waals surface area contributed by atoms with E-state index in [0.717, 1.165) is 22.1 Å². The number of rotatable bonds is 3. The van der Waals surface area contributed by atoms with Crippen LogP contribution in [0, 0.1) is 0 Å². The van der Waals surface area contributed by atoms with E-state index >= 15 is 0 Å². The molecule has 0 unspecified atom stereocenters. The van der Waals surface area contributed by atoms with Crippen molar-refractivity contribution < 1.29 is 5.11 Å². The molecule has 68 valence electrons. The fourth-order valence-electron chi connectivity index (χ4n) is 0.961.